The van der Waals surface area contributed by atoms with Gasteiger partial charge in [0.05, 0.1) is 34.5 Å². The molecule has 1 aliphatic rings. The van der Waals surface area contributed by atoms with Crippen molar-refractivity contribution in [2.45, 2.75) is 6.92 Å². The summed E-state index contributed by atoms with van der Waals surface area (Å²) in [4.78, 5) is 14.6. The maximum atomic E-state index is 12.4. The Morgan fingerprint density at radius 2 is 1.83 bits per heavy atom. The van der Waals surface area contributed by atoms with E-state index >= 15 is 0 Å². The number of halogens is 2. The standard InChI is InChI=1S/C18H18Cl2N2O2/c1-12-2-4-14(15(19)10-12)18(23)21-13-3-5-17(16(20)11-13)22-6-8-24-9-7-22/h2-5,10-11H,6-9H2,1H3,(H,21,23). The quantitative estimate of drug-likeness (QED) is 0.877. The van der Waals surface area contributed by atoms with Crippen molar-refractivity contribution in [1.82, 2.24) is 0 Å². The molecule has 0 bridgehead atoms. The number of morpholine rings is 1. The summed E-state index contributed by atoms with van der Waals surface area (Å²) in [7, 11) is 0. The lowest BCUT2D eigenvalue weighted by Crippen LogP contribution is -2.36. The van der Waals surface area contributed by atoms with E-state index in [2.05, 4.69) is 10.2 Å². The van der Waals surface area contributed by atoms with Crippen molar-refractivity contribution in [2.24, 2.45) is 0 Å². The average Bonchev–Trinajstić information content (AvgIpc) is 2.55. The summed E-state index contributed by atoms with van der Waals surface area (Å²) in [5.74, 6) is -0.254. The molecule has 0 radical (unpaired) electrons. The van der Waals surface area contributed by atoms with Crippen LogP contribution in [0, 0.1) is 6.92 Å². The number of hydrogen-bond acceptors (Lipinski definition) is 3. The van der Waals surface area contributed by atoms with E-state index in [-0.39, 0.29) is 5.91 Å². The summed E-state index contributed by atoms with van der Waals surface area (Å²) in [6, 6.07) is 10.9. The third-order valence-electron chi connectivity index (χ3n) is 3.93. The second kappa shape index (κ2) is 7.43. The normalized spacial score (nSPS) is 14.5. The van der Waals surface area contributed by atoms with Crippen LogP contribution in [-0.4, -0.2) is 32.2 Å². The number of nitrogens with zero attached hydrogens (tertiary/aromatic N) is 1. The van der Waals surface area contributed by atoms with Crippen molar-refractivity contribution in [2.75, 3.05) is 36.5 Å². The topological polar surface area (TPSA) is 41.6 Å². The van der Waals surface area contributed by atoms with Crippen LogP contribution < -0.4 is 10.2 Å². The number of benzene rings is 2. The highest BCUT2D eigenvalue weighted by molar-refractivity contribution is 6.35. The smallest absolute Gasteiger partial charge is 0.257 e. The number of amides is 1. The Kier molecular flexibility index (Phi) is 5.29. The van der Waals surface area contributed by atoms with Gasteiger partial charge in [-0.25, -0.2) is 0 Å². The average molecular weight is 365 g/mol. The van der Waals surface area contributed by atoms with Crippen LogP contribution in [0.25, 0.3) is 0 Å². The van der Waals surface area contributed by atoms with E-state index in [1.54, 1.807) is 18.2 Å². The number of carbonyl (C=O) groups excluding carboxylic acids is 1. The Labute approximate surface area is 151 Å². The number of rotatable bonds is 3. The number of ether oxygens (including phenoxy) is 1. The van der Waals surface area contributed by atoms with Crippen LogP contribution in [0.5, 0.6) is 0 Å². The SMILES string of the molecule is Cc1ccc(C(=O)Nc2ccc(N3CCOCC3)c(Cl)c2)c(Cl)c1. The fraction of sp³-hybridized carbons (Fsp3) is 0.278. The van der Waals surface area contributed by atoms with Crippen molar-refractivity contribution >= 4 is 40.5 Å². The minimum absolute atomic E-state index is 0.254. The summed E-state index contributed by atoms with van der Waals surface area (Å²) in [5.41, 5.74) is 3.04. The second-order valence-corrected chi connectivity index (χ2v) is 6.52. The molecular weight excluding hydrogens is 347 g/mol. The fourth-order valence-electron chi connectivity index (χ4n) is 2.65. The predicted molar refractivity (Wildman–Crippen MR) is 98.6 cm³/mol. The predicted octanol–water partition coefficient (Wildman–Crippen LogP) is 4.39. The van der Waals surface area contributed by atoms with E-state index in [1.165, 1.54) is 0 Å². The lowest BCUT2D eigenvalue weighted by molar-refractivity contribution is 0.102. The third kappa shape index (κ3) is 3.83. The van der Waals surface area contributed by atoms with Crippen molar-refractivity contribution in [3.63, 3.8) is 0 Å². The van der Waals surface area contributed by atoms with Gasteiger partial charge in [0.2, 0.25) is 0 Å². The van der Waals surface area contributed by atoms with Gasteiger partial charge in [0.1, 0.15) is 0 Å². The van der Waals surface area contributed by atoms with E-state index in [4.69, 9.17) is 27.9 Å². The number of carbonyl (C=O) groups is 1. The first-order valence-corrected chi connectivity index (χ1v) is 8.50. The Morgan fingerprint density at radius 3 is 2.50 bits per heavy atom. The molecule has 126 valence electrons. The second-order valence-electron chi connectivity index (χ2n) is 5.70. The molecule has 3 rings (SSSR count). The molecule has 2 aromatic carbocycles. The van der Waals surface area contributed by atoms with Crippen molar-refractivity contribution in [1.29, 1.82) is 0 Å². The summed E-state index contributed by atoms with van der Waals surface area (Å²) < 4.78 is 5.35. The minimum Gasteiger partial charge on any atom is -0.378 e. The molecule has 0 unspecified atom stereocenters. The first-order chi connectivity index (χ1) is 11.5. The molecule has 0 atom stereocenters. The van der Waals surface area contributed by atoms with Crippen molar-refractivity contribution in [3.05, 3.63) is 57.6 Å². The van der Waals surface area contributed by atoms with Crippen LogP contribution in [0.3, 0.4) is 0 Å². The van der Waals surface area contributed by atoms with Crippen LogP contribution >= 0.6 is 23.2 Å². The van der Waals surface area contributed by atoms with Gasteiger partial charge in [-0.2, -0.15) is 0 Å². The Hall–Kier alpha value is -1.75. The van der Waals surface area contributed by atoms with Crippen LogP contribution in [0.4, 0.5) is 11.4 Å². The molecule has 1 saturated heterocycles. The van der Waals surface area contributed by atoms with Gasteiger partial charge in [-0.05, 0) is 42.8 Å². The Bertz CT molecular complexity index is 759. The summed E-state index contributed by atoms with van der Waals surface area (Å²) >= 11 is 12.5. The van der Waals surface area contributed by atoms with Crippen LogP contribution in [0.2, 0.25) is 10.0 Å². The largest absolute Gasteiger partial charge is 0.378 e. The first-order valence-electron chi connectivity index (χ1n) is 7.74. The molecule has 4 nitrogen and oxygen atoms in total. The van der Waals surface area contributed by atoms with Gasteiger partial charge in [-0.3, -0.25) is 4.79 Å². The van der Waals surface area contributed by atoms with E-state index < -0.39 is 0 Å². The zero-order valence-electron chi connectivity index (χ0n) is 13.3. The van der Waals surface area contributed by atoms with Gasteiger partial charge in [0.25, 0.3) is 5.91 Å². The highest BCUT2D eigenvalue weighted by Crippen LogP contribution is 2.30. The van der Waals surface area contributed by atoms with Gasteiger partial charge in [-0.1, -0.05) is 29.3 Å². The fourth-order valence-corrected chi connectivity index (χ4v) is 3.27. The zero-order valence-corrected chi connectivity index (χ0v) is 14.8. The molecule has 1 aliphatic heterocycles. The maximum absolute atomic E-state index is 12.4. The Morgan fingerprint density at radius 1 is 1.08 bits per heavy atom. The molecular formula is C18H18Cl2N2O2. The van der Waals surface area contributed by atoms with Crippen LogP contribution in [-0.2, 0) is 4.74 Å². The van der Waals surface area contributed by atoms with Crippen LogP contribution in [0.15, 0.2) is 36.4 Å². The monoisotopic (exact) mass is 364 g/mol. The van der Waals surface area contributed by atoms with Crippen molar-refractivity contribution < 1.29 is 9.53 Å². The molecule has 1 heterocycles. The molecule has 0 saturated carbocycles. The highest BCUT2D eigenvalue weighted by Gasteiger charge is 2.16. The maximum Gasteiger partial charge on any atom is 0.257 e. The molecule has 1 N–H and O–H groups in total. The van der Waals surface area contributed by atoms with Gasteiger partial charge < -0.3 is 15.0 Å². The van der Waals surface area contributed by atoms with Gasteiger partial charge in [0, 0.05) is 18.8 Å². The molecule has 24 heavy (non-hydrogen) atoms. The van der Waals surface area contributed by atoms with Gasteiger partial charge >= 0.3 is 0 Å². The number of hydrogen-bond donors (Lipinski definition) is 1. The highest BCUT2D eigenvalue weighted by atomic mass is 35.5. The lowest BCUT2D eigenvalue weighted by atomic mass is 10.1. The third-order valence-corrected chi connectivity index (χ3v) is 4.54. The summed E-state index contributed by atoms with van der Waals surface area (Å²) in [6.45, 7) is 4.94. The van der Waals surface area contributed by atoms with Crippen LogP contribution in [0.1, 0.15) is 15.9 Å². The molecule has 0 aliphatic carbocycles. The van der Waals surface area contributed by atoms with Crippen molar-refractivity contribution in [3.8, 4) is 0 Å². The molecule has 0 spiro atoms. The lowest BCUT2D eigenvalue weighted by Gasteiger charge is -2.29. The number of nitrogens with one attached hydrogen (secondary N) is 1. The molecule has 6 heteroatoms. The minimum atomic E-state index is -0.254. The van der Waals surface area contributed by atoms with Gasteiger partial charge in [0.15, 0.2) is 0 Å². The molecule has 2 aromatic rings. The van der Waals surface area contributed by atoms with E-state index in [0.29, 0.717) is 34.5 Å². The summed E-state index contributed by atoms with van der Waals surface area (Å²) in [5, 5.41) is 3.87. The zero-order chi connectivity index (χ0) is 17.1. The van der Waals surface area contributed by atoms with E-state index in [1.807, 2.05) is 25.1 Å². The van der Waals surface area contributed by atoms with E-state index in [0.717, 1.165) is 24.3 Å². The molecule has 0 aromatic heterocycles. The van der Waals surface area contributed by atoms with Gasteiger partial charge in [-0.15, -0.1) is 0 Å². The first kappa shape index (κ1) is 17.1. The number of aryl methyl sites for hydroxylation is 1. The molecule has 1 amide bonds. The molecule has 1 fully saturated rings. The number of anilines is 2. The summed E-state index contributed by atoms with van der Waals surface area (Å²) in [6.07, 6.45) is 0. The van der Waals surface area contributed by atoms with E-state index in [9.17, 15) is 4.79 Å². The Balaban J connectivity index is 1.75.